The molecule has 7 nitrogen and oxygen atoms in total. The van der Waals surface area contributed by atoms with Crippen molar-refractivity contribution in [3.63, 3.8) is 0 Å². The topological polar surface area (TPSA) is 84.1 Å². The number of carboxylic acid groups (broad SMARTS) is 1. The predicted octanol–water partition coefficient (Wildman–Crippen LogP) is 2.75. The number of rotatable bonds is 4. The van der Waals surface area contributed by atoms with E-state index in [1.54, 1.807) is 10.7 Å². The van der Waals surface area contributed by atoms with Crippen molar-refractivity contribution < 1.29 is 9.90 Å². The van der Waals surface area contributed by atoms with Gasteiger partial charge < -0.3 is 5.11 Å². The number of aromatic nitrogens is 4. The Morgan fingerprint density at radius 3 is 2.74 bits per heavy atom. The number of hydrogen-bond acceptors (Lipinski definition) is 5. The van der Waals surface area contributed by atoms with Crippen molar-refractivity contribution in [3.05, 3.63) is 65.2 Å². The van der Waals surface area contributed by atoms with Gasteiger partial charge in [-0.25, -0.2) is 14.8 Å². The van der Waals surface area contributed by atoms with Gasteiger partial charge in [-0.2, -0.15) is 5.10 Å². The normalized spacial score (nSPS) is 14.6. The maximum absolute atomic E-state index is 11.1. The predicted molar refractivity (Wildman–Crippen MR) is 100 cm³/mol. The summed E-state index contributed by atoms with van der Waals surface area (Å²) < 4.78 is 1.81. The molecule has 0 aliphatic carbocycles. The van der Waals surface area contributed by atoms with Crippen molar-refractivity contribution in [1.29, 1.82) is 0 Å². The number of aromatic carboxylic acids is 1. The molecule has 7 heteroatoms. The Morgan fingerprint density at radius 1 is 1.19 bits per heavy atom. The number of hydrogen-bond donors (Lipinski definition) is 1. The fourth-order valence-electron chi connectivity index (χ4n) is 3.40. The molecule has 0 radical (unpaired) electrons. The number of benzene rings is 1. The zero-order chi connectivity index (χ0) is 18.8. The molecule has 1 aliphatic rings. The molecule has 0 spiro atoms. The molecule has 0 amide bonds. The van der Waals surface area contributed by atoms with E-state index < -0.39 is 5.97 Å². The molecule has 1 aromatic carbocycles. The highest BCUT2D eigenvalue weighted by atomic mass is 16.4. The third kappa shape index (κ3) is 3.88. The third-order valence-electron chi connectivity index (χ3n) is 4.70. The molecule has 4 rings (SSSR count). The van der Waals surface area contributed by atoms with Crippen LogP contribution in [0.4, 0.5) is 0 Å². The van der Waals surface area contributed by atoms with Gasteiger partial charge in [-0.05, 0) is 25.5 Å². The number of nitrogens with zero attached hydrogens (tertiary/aromatic N) is 5. The van der Waals surface area contributed by atoms with E-state index >= 15 is 0 Å². The van der Waals surface area contributed by atoms with Crippen LogP contribution in [-0.2, 0) is 19.6 Å². The summed E-state index contributed by atoms with van der Waals surface area (Å²) in [5.41, 5.74) is 4.28. The molecule has 3 aromatic rings. The molecule has 0 unspecified atom stereocenters. The number of fused-ring (bicyclic) bond motifs is 1. The minimum atomic E-state index is -0.984. The number of aryl methyl sites for hydroxylation is 2. The van der Waals surface area contributed by atoms with Crippen LogP contribution in [0.15, 0.2) is 42.7 Å². The van der Waals surface area contributed by atoms with E-state index in [0.717, 1.165) is 48.7 Å². The molecule has 0 atom stereocenters. The van der Waals surface area contributed by atoms with E-state index in [4.69, 9.17) is 5.11 Å². The smallest absolute Gasteiger partial charge is 0.356 e. The minimum absolute atomic E-state index is 0.109. The lowest BCUT2D eigenvalue weighted by Gasteiger charge is -2.19. The van der Waals surface area contributed by atoms with E-state index in [2.05, 4.69) is 39.0 Å². The van der Waals surface area contributed by atoms with Gasteiger partial charge in [0.1, 0.15) is 0 Å². The highest BCUT2D eigenvalue weighted by Crippen LogP contribution is 2.18. The minimum Gasteiger partial charge on any atom is -0.476 e. The van der Waals surface area contributed by atoms with Gasteiger partial charge in [0.25, 0.3) is 0 Å². The van der Waals surface area contributed by atoms with E-state index in [1.807, 2.05) is 24.5 Å². The Labute approximate surface area is 157 Å². The van der Waals surface area contributed by atoms with Gasteiger partial charge in [-0.3, -0.25) is 9.58 Å². The second-order valence-electron chi connectivity index (χ2n) is 6.90. The lowest BCUT2D eigenvalue weighted by atomic mass is 10.1. The Hall–Kier alpha value is -3.06. The van der Waals surface area contributed by atoms with Crippen molar-refractivity contribution in [2.75, 3.05) is 6.54 Å². The zero-order valence-corrected chi connectivity index (χ0v) is 15.2. The SMILES string of the molecule is Cc1cccc(-c2ncc(CN3CCCn4nc(C(=O)O)cc4C3)cn2)c1. The van der Waals surface area contributed by atoms with Crippen molar-refractivity contribution in [2.24, 2.45) is 0 Å². The zero-order valence-electron chi connectivity index (χ0n) is 15.2. The van der Waals surface area contributed by atoms with Gasteiger partial charge in [-0.15, -0.1) is 0 Å². The summed E-state index contributed by atoms with van der Waals surface area (Å²) in [5.74, 6) is -0.259. The van der Waals surface area contributed by atoms with E-state index in [-0.39, 0.29) is 5.69 Å². The van der Waals surface area contributed by atoms with Crippen LogP contribution in [0, 0.1) is 6.92 Å². The first-order valence-electron chi connectivity index (χ1n) is 8.99. The average molecular weight is 363 g/mol. The first kappa shape index (κ1) is 17.4. The fourth-order valence-corrected chi connectivity index (χ4v) is 3.40. The van der Waals surface area contributed by atoms with Crippen LogP contribution in [0.3, 0.4) is 0 Å². The summed E-state index contributed by atoms with van der Waals surface area (Å²) in [6.07, 6.45) is 4.67. The molecule has 0 saturated heterocycles. The highest BCUT2D eigenvalue weighted by molar-refractivity contribution is 5.85. The lowest BCUT2D eigenvalue weighted by molar-refractivity contribution is 0.0689. The second kappa shape index (κ2) is 7.28. The van der Waals surface area contributed by atoms with Crippen LogP contribution in [0.1, 0.15) is 33.7 Å². The highest BCUT2D eigenvalue weighted by Gasteiger charge is 2.19. The van der Waals surface area contributed by atoms with E-state index in [9.17, 15) is 4.79 Å². The number of carbonyl (C=O) groups is 1. The van der Waals surface area contributed by atoms with Gasteiger partial charge in [0, 0.05) is 49.7 Å². The Morgan fingerprint density at radius 2 is 2.00 bits per heavy atom. The Balaban J connectivity index is 1.47. The van der Waals surface area contributed by atoms with Crippen molar-refractivity contribution in [2.45, 2.75) is 33.0 Å². The Bertz CT molecular complexity index is 965. The maximum atomic E-state index is 11.1. The molecular weight excluding hydrogens is 342 g/mol. The average Bonchev–Trinajstić information content (AvgIpc) is 2.96. The summed E-state index contributed by atoms with van der Waals surface area (Å²) in [4.78, 5) is 22.5. The molecule has 0 fully saturated rings. The van der Waals surface area contributed by atoms with E-state index in [0.29, 0.717) is 6.54 Å². The summed E-state index contributed by atoms with van der Waals surface area (Å²) in [6.45, 7) is 5.10. The maximum Gasteiger partial charge on any atom is 0.356 e. The Kier molecular flexibility index (Phi) is 4.68. The van der Waals surface area contributed by atoms with Crippen molar-refractivity contribution in [1.82, 2.24) is 24.6 Å². The molecule has 0 saturated carbocycles. The van der Waals surface area contributed by atoms with Gasteiger partial charge in [-0.1, -0.05) is 23.8 Å². The molecule has 2 aromatic heterocycles. The fraction of sp³-hybridized carbons (Fsp3) is 0.300. The van der Waals surface area contributed by atoms with Crippen molar-refractivity contribution >= 4 is 5.97 Å². The quantitative estimate of drug-likeness (QED) is 0.767. The van der Waals surface area contributed by atoms with Crippen molar-refractivity contribution in [3.8, 4) is 11.4 Å². The third-order valence-corrected chi connectivity index (χ3v) is 4.70. The molecule has 3 heterocycles. The molecule has 1 aliphatic heterocycles. The standard InChI is InChI=1S/C20H21N5O2/c1-14-4-2-5-16(8-14)19-21-10-15(11-22-19)12-24-6-3-7-25-17(13-24)9-18(23-25)20(26)27/h2,4-5,8-11H,3,6-7,12-13H2,1H3,(H,26,27). The van der Waals surface area contributed by atoms with Gasteiger partial charge in [0.2, 0.25) is 0 Å². The van der Waals surface area contributed by atoms with Crippen LogP contribution < -0.4 is 0 Å². The summed E-state index contributed by atoms with van der Waals surface area (Å²) in [7, 11) is 0. The van der Waals surface area contributed by atoms with Crippen LogP contribution in [0.5, 0.6) is 0 Å². The lowest BCUT2D eigenvalue weighted by Crippen LogP contribution is -2.23. The van der Waals surface area contributed by atoms with Crippen LogP contribution in [-0.4, -0.2) is 42.3 Å². The summed E-state index contributed by atoms with van der Waals surface area (Å²) >= 11 is 0. The summed E-state index contributed by atoms with van der Waals surface area (Å²) in [5, 5.41) is 13.3. The van der Waals surface area contributed by atoms with Gasteiger partial charge in [0.15, 0.2) is 11.5 Å². The first-order chi connectivity index (χ1) is 13.1. The van der Waals surface area contributed by atoms with Crippen LogP contribution >= 0.6 is 0 Å². The molecule has 27 heavy (non-hydrogen) atoms. The van der Waals surface area contributed by atoms with E-state index in [1.165, 1.54) is 5.56 Å². The molecule has 0 bridgehead atoms. The monoisotopic (exact) mass is 363 g/mol. The molecule has 1 N–H and O–H groups in total. The second-order valence-corrected chi connectivity index (χ2v) is 6.90. The van der Waals surface area contributed by atoms with Gasteiger partial charge >= 0.3 is 5.97 Å². The summed E-state index contributed by atoms with van der Waals surface area (Å²) in [6, 6.07) is 9.81. The number of carboxylic acids is 1. The van der Waals surface area contributed by atoms with Crippen LogP contribution in [0.2, 0.25) is 0 Å². The molecule has 138 valence electrons. The first-order valence-corrected chi connectivity index (χ1v) is 8.99. The van der Waals surface area contributed by atoms with Gasteiger partial charge in [0.05, 0.1) is 5.69 Å². The van der Waals surface area contributed by atoms with Crippen LogP contribution in [0.25, 0.3) is 11.4 Å². The largest absolute Gasteiger partial charge is 0.476 e. The molecular formula is C20H21N5O2.